The molecule has 0 aliphatic carbocycles. The van der Waals surface area contributed by atoms with Gasteiger partial charge in [-0.3, -0.25) is 0 Å². The second-order valence-corrected chi connectivity index (χ2v) is 4.79. The lowest BCUT2D eigenvalue weighted by molar-refractivity contribution is 0.607. The normalized spacial score (nSPS) is 12.7. The molecule has 1 atom stereocenters. The second kappa shape index (κ2) is 4.98. The zero-order chi connectivity index (χ0) is 12.4. The van der Waals surface area contributed by atoms with Gasteiger partial charge in [-0.1, -0.05) is 6.07 Å². The first-order valence-corrected chi connectivity index (χ1v) is 6.04. The Morgan fingerprint density at radius 1 is 1.53 bits per heavy atom. The Bertz CT molecular complexity index is 524. The van der Waals surface area contributed by atoms with Gasteiger partial charge in [-0.15, -0.1) is 0 Å². The predicted octanol–water partition coefficient (Wildman–Crippen LogP) is 2.56. The van der Waals surface area contributed by atoms with Crippen LogP contribution >= 0.6 is 15.9 Å². The van der Waals surface area contributed by atoms with Crippen LogP contribution in [0.1, 0.15) is 17.4 Å². The van der Waals surface area contributed by atoms with Crippen LogP contribution in [0.5, 0.6) is 0 Å². The number of nitrogens with two attached hydrogens (primary N) is 1. The summed E-state index contributed by atoms with van der Waals surface area (Å²) in [5, 5.41) is 0. The van der Waals surface area contributed by atoms with Gasteiger partial charge in [0.05, 0.1) is 4.47 Å². The third-order valence-electron chi connectivity index (χ3n) is 2.70. The fourth-order valence-electron chi connectivity index (χ4n) is 1.65. The topological polar surface area (TPSA) is 43.8 Å². The summed E-state index contributed by atoms with van der Waals surface area (Å²) < 4.78 is 15.7. The van der Waals surface area contributed by atoms with Gasteiger partial charge in [0.15, 0.2) is 0 Å². The highest BCUT2D eigenvalue weighted by molar-refractivity contribution is 9.10. The van der Waals surface area contributed by atoms with Gasteiger partial charge in [0.2, 0.25) is 0 Å². The van der Waals surface area contributed by atoms with Gasteiger partial charge in [0.25, 0.3) is 0 Å². The summed E-state index contributed by atoms with van der Waals surface area (Å²) in [6.45, 7) is 0. The van der Waals surface area contributed by atoms with E-state index in [0.29, 0.717) is 10.9 Å². The van der Waals surface area contributed by atoms with Crippen molar-refractivity contribution >= 4 is 15.9 Å². The highest BCUT2D eigenvalue weighted by atomic mass is 79.9. The number of halogens is 2. The molecule has 1 unspecified atom stereocenters. The van der Waals surface area contributed by atoms with Crippen molar-refractivity contribution in [1.82, 2.24) is 9.55 Å². The first-order valence-electron chi connectivity index (χ1n) is 5.24. The van der Waals surface area contributed by atoms with Crippen molar-refractivity contribution in [2.24, 2.45) is 12.8 Å². The summed E-state index contributed by atoms with van der Waals surface area (Å²) in [5.74, 6) is 0.596. The standard InChI is InChI=1S/C12H13BrFN3/c1-17-5-4-16-12(17)7-11(15)8-2-3-9(13)10(14)6-8/h2-6,11H,7,15H2,1H3. The van der Waals surface area contributed by atoms with Gasteiger partial charge in [-0.25, -0.2) is 9.37 Å². The third kappa shape index (κ3) is 2.73. The molecule has 3 nitrogen and oxygen atoms in total. The largest absolute Gasteiger partial charge is 0.338 e. The molecule has 0 aliphatic heterocycles. The number of aryl methyl sites for hydroxylation is 1. The zero-order valence-corrected chi connectivity index (χ0v) is 11.0. The van der Waals surface area contributed by atoms with E-state index < -0.39 is 0 Å². The molecule has 0 radical (unpaired) electrons. The summed E-state index contributed by atoms with van der Waals surface area (Å²) in [7, 11) is 1.91. The highest BCUT2D eigenvalue weighted by Gasteiger charge is 2.11. The molecule has 0 fully saturated rings. The summed E-state index contributed by atoms with van der Waals surface area (Å²) >= 11 is 3.12. The molecular weight excluding hydrogens is 285 g/mol. The van der Waals surface area contributed by atoms with E-state index in [1.165, 1.54) is 6.07 Å². The Morgan fingerprint density at radius 3 is 2.88 bits per heavy atom. The maximum atomic E-state index is 13.4. The van der Waals surface area contributed by atoms with Crippen LogP contribution in [-0.4, -0.2) is 9.55 Å². The number of rotatable bonds is 3. The van der Waals surface area contributed by atoms with E-state index in [-0.39, 0.29) is 11.9 Å². The number of hydrogen-bond acceptors (Lipinski definition) is 2. The molecule has 17 heavy (non-hydrogen) atoms. The Balaban J connectivity index is 2.17. The van der Waals surface area contributed by atoms with Crippen LogP contribution in [0.25, 0.3) is 0 Å². The fraction of sp³-hybridized carbons (Fsp3) is 0.250. The van der Waals surface area contributed by atoms with Crippen LogP contribution in [0.4, 0.5) is 4.39 Å². The Morgan fingerprint density at radius 2 is 2.29 bits per heavy atom. The van der Waals surface area contributed by atoms with Crippen LogP contribution in [-0.2, 0) is 13.5 Å². The SMILES string of the molecule is Cn1ccnc1CC(N)c1ccc(Br)c(F)c1. The van der Waals surface area contributed by atoms with Crippen LogP contribution < -0.4 is 5.73 Å². The smallest absolute Gasteiger partial charge is 0.137 e. The van der Waals surface area contributed by atoms with E-state index in [4.69, 9.17) is 5.73 Å². The maximum absolute atomic E-state index is 13.4. The minimum Gasteiger partial charge on any atom is -0.338 e. The van der Waals surface area contributed by atoms with Crippen molar-refractivity contribution < 1.29 is 4.39 Å². The molecule has 2 aromatic rings. The summed E-state index contributed by atoms with van der Waals surface area (Å²) in [6, 6.07) is 4.69. The van der Waals surface area contributed by atoms with Crippen LogP contribution in [0.3, 0.4) is 0 Å². The van der Waals surface area contributed by atoms with Gasteiger partial charge < -0.3 is 10.3 Å². The molecule has 2 rings (SSSR count). The molecule has 0 bridgehead atoms. The average Bonchev–Trinajstić information content (AvgIpc) is 2.68. The van der Waals surface area contributed by atoms with Gasteiger partial charge in [-0.2, -0.15) is 0 Å². The van der Waals surface area contributed by atoms with Crippen molar-refractivity contribution in [2.75, 3.05) is 0 Å². The molecule has 90 valence electrons. The molecule has 1 heterocycles. The summed E-state index contributed by atoms with van der Waals surface area (Å²) in [5.41, 5.74) is 6.81. The molecular formula is C12H13BrFN3. The van der Waals surface area contributed by atoms with Gasteiger partial charge in [0, 0.05) is 31.9 Å². The number of aromatic nitrogens is 2. The molecule has 5 heteroatoms. The maximum Gasteiger partial charge on any atom is 0.137 e. The fourth-order valence-corrected chi connectivity index (χ4v) is 1.90. The van der Waals surface area contributed by atoms with Crippen molar-refractivity contribution in [2.45, 2.75) is 12.5 Å². The van der Waals surface area contributed by atoms with Crippen LogP contribution in [0.2, 0.25) is 0 Å². The molecule has 1 aromatic heterocycles. The lowest BCUT2D eigenvalue weighted by Gasteiger charge is -2.12. The molecule has 0 saturated carbocycles. The number of nitrogens with zero attached hydrogens (tertiary/aromatic N) is 2. The van der Waals surface area contributed by atoms with E-state index in [1.807, 2.05) is 23.9 Å². The van der Waals surface area contributed by atoms with E-state index in [9.17, 15) is 4.39 Å². The average molecular weight is 298 g/mol. The second-order valence-electron chi connectivity index (χ2n) is 3.94. The van der Waals surface area contributed by atoms with Crippen LogP contribution in [0, 0.1) is 5.82 Å². The third-order valence-corrected chi connectivity index (χ3v) is 3.34. The van der Waals surface area contributed by atoms with Crippen molar-refractivity contribution in [3.05, 3.63) is 52.3 Å². The lowest BCUT2D eigenvalue weighted by atomic mass is 10.0. The van der Waals surface area contributed by atoms with E-state index in [2.05, 4.69) is 20.9 Å². The van der Waals surface area contributed by atoms with Crippen molar-refractivity contribution in [1.29, 1.82) is 0 Å². The number of hydrogen-bond donors (Lipinski definition) is 1. The first-order chi connectivity index (χ1) is 8.08. The van der Waals surface area contributed by atoms with E-state index >= 15 is 0 Å². The zero-order valence-electron chi connectivity index (χ0n) is 9.40. The lowest BCUT2D eigenvalue weighted by Crippen LogP contribution is -2.16. The van der Waals surface area contributed by atoms with Crippen LogP contribution in [0.15, 0.2) is 35.1 Å². The quantitative estimate of drug-likeness (QED) is 0.946. The van der Waals surface area contributed by atoms with Crippen molar-refractivity contribution in [3.8, 4) is 0 Å². The Labute approximate surface area is 108 Å². The highest BCUT2D eigenvalue weighted by Crippen LogP contribution is 2.21. The molecule has 0 amide bonds. The molecule has 1 aromatic carbocycles. The van der Waals surface area contributed by atoms with E-state index in [1.54, 1.807) is 12.3 Å². The molecule has 2 N–H and O–H groups in total. The predicted molar refractivity (Wildman–Crippen MR) is 67.9 cm³/mol. The molecule has 0 saturated heterocycles. The van der Waals surface area contributed by atoms with Crippen molar-refractivity contribution in [3.63, 3.8) is 0 Å². The first kappa shape index (κ1) is 12.3. The van der Waals surface area contributed by atoms with Gasteiger partial charge in [-0.05, 0) is 33.6 Å². The van der Waals surface area contributed by atoms with Gasteiger partial charge >= 0.3 is 0 Å². The van der Waals surface area contributed by atoms with E-state index in [0.717, 1.165) is 11.4 Å². The summed E-state index contributed by atoms with van der Waals surface area (Å²) in [6.07, 6.45) is 4.18. The summed E-state index contributed by atoms with van der Waals surface area (Å²) in [4.78, 5) is 4.20. The Kier molecular flexibility index (Phi) is 3.59. The minimum absolute atomic E-state index is 0.251. The Hall–Kier alpha value is -1.20. The monoisotopic (exact) mass is 297 g/mol. The number of benzene rings is 1. The number of imidazole rings is 1. The minimum atomic E-state index is -0.294. The van der Waals surface area contributed by atoms with Gasteiger partial charge in [0.1, 0.15) is 11.6 Å². The molecule has 0 spiro atoms. The molecule has 0 aliphatic rings.